The molecule has 1 fully saturated rings. The van der Waals surface area contributed by atoms with Crippen molar-refractivity contribution in [2.45, 2.75) is 24.8 Å². The molecule has 0 aromatic heterocycles. The van der Waals surface area contributed by atoms with E-state index in [1.807, 2.05) is 19.1 Å². The number of halogens is 1. The molecule has 1 N–H and O–H groups in total. The standard InChI is InChI=1S/C21H25FN2O5S/c1-14-4-7-20(28-3)17(12-14)15(2)23-21(25)18-13-16(5-6-19(18)22)30(26,27)24-8-10-29-11-9-24/h4-7,12-13,15H,8-11H2,1-3H3,(H,23,25). The minimum Gasteiger partial charge on any atom is -0.496 e. The van der Waals surface area contributed by atoms with Gasteiger partial charge in [-0.1, -0.05) is 17.7 Å². The number of morpholine rings is 1. The molecule has 1 aliphatic rings. The molecular weight excluding hydrogens is 411 g/mol. The van der Waals surface area contributed by atoms with Crippen LogP contribution in [0, 0.1) is 12.7 Å². The quantitative estimate of drug-likeness (QED) is 0.753. The minimum absolute atomic E-state index is 0.128. The van der Waals surface area contributed by atoms with Gasteiger partial charge < -0.3 is 14.8 Å². The van der Waals surface area contributed by atoms with Gasteiger partial charge >= 0.3 is 0 Å². The lowest BCUT2D eigenvalue weighted by atomic mass is 10.0. The number of carbonyl (C=O) groups is 1. The van der Waals surface area contributed by atoms with Gasteiger partial charge in [0, 0.05) is 18.7 Å². The van der Waals surface area contributed by atoms with E-state index in [4.69, 9.17) is 9.47 Å². The maximum absolute atomic E-state index is 14.4. The summed E-state index contributed by atoms with van der Waals surface area (Å²) in [5, 5.41) is 2.73. The maximum atomic E-state index is 14.4. The highest BCUT2D eigenvalue weighted by Crippen LogP contribution is 2.27. The van der Waals surface area contributed by atoms with Crippen LogP contribution in [0.2, 0.25) is 0 Å². The summed E-state index contributed by atoms with van der Waals surface area (Å²) in [4.78, 5) is 12.6. The Hall–Kier alpha value is -2.49. The molecule has 162 valence electrons. The molecule has 0 aliphatic carbocycles. The van der Waals surface area contributed by atoms with Crippen LogP contribution in [0.3, 0.4) is 0 Å². The van der Waals surface area contributed by atoms with Gasteiger partial charge in [0.25, 0.3) is 5.91 Å². The Kier molecular flexibility index (Phi) is 6.74. The van der Waals surface area contributed by atoms with Crippen molar-refractivity contribution in [2.75, 3.05) is 33.4 Å². The van der Waals surface area contributed by atoms with Crippen molar-refractivity contribution in [3.8, 4) is 5.75 Å². The zero-order chi connectivity index (χ0) is 21.9. The van der Waals surface area contributed by atoms with Gasteiger partial charge in [0.1, 0.15) is 11.6 Å². The first-order valence-corrected chi connectivity index (χ1v) is 11.0. The first kappa shape index (κ1) is 22.2. The second-order valence-corrected chi connectivity index (χ2v) is 9.04. The van der Waals surface area contributed by atoms with Crippen LogP contribution in [-0.4, -0.2) is 52.0 Å². The van der Waals surface area contributed by atoms with Crippen molar-refractivity contribution >= 4 is 15.9 Å². The second-order valence-electron chi connectivity index (χ2n) is 7.10. The normalized spacial score (nSPS) is 16.1. The van der Waals surface area contributed by atoms with E-state index in [9.17, 15) is 17.6 Å². The molecule has 30 heavy (non-hydrogen) atoms. The molecule has 0 saturated carbocycles. The number of sulfonamides is 1. The second kappa shape index (κ2) is 9.11. The molecule has 7 nitrogen and oxygen atoms in total. The van der Waals surface area contributed by atoms with E-state index in [-0.39, 0.29) is 23.5 Å². The Bertz CT molecular complexity index is 1040. The Morgan fingerprint density at radius 1 is 1.20 bits per heavy atom. The molecule has 0 spiro atoms. The maximum Gasteiger partial charge on any atom is 0.254 e. The summed E-state index contributed by atoms with van der Waals surface area (Å²) in [7, 11) is -2.31. The first-order valence-electron chi connectivity index (χ1n) is 9.57. The van der Waals surface area contributed by atoms with E-state index in [0.29, 0.717) is 19.0 Å². The van der Waals surface area contributed by atoms with E-state index in [0.717, 1.165) is 23.3 Å². The predicted molar refractivity (Wildman–Crippen MR) is 110 cm³/mol. The Balaban J connectivity index is 1.86. The van der Waals surface area contributed by atoms with Gasteiger partial charge in [-0.25, -0.2) is 12.8 Å². The Morgan fingerprint density at radius 3 is 2.57 bits per heavy atom. The number of carbonyl (C=O) groups excluding carboxylic acids is 1. The molecular formula is C21H25FN2O5S. The average Bonchev–Trinajstić information content (AvgIpc) is 2.74. The number of hydrogen-bond donors (Lipinski definition) is 1. The van der Waals surface area contributed by atoms with Gasteiger partial charge in [0.2, 0.25) is 10.0 Å². The van der Waals surface area contributed by atoms with Crippen molar-refractivity contribution in [3.05, 3.63) is 58.9 Å². The monoisotopic (exact) mass is 436 g/mol. The molecule has 3 rings (SSSR count). The summed E-state index contributed by atoms with van der Waals surface area (Å²) in [5.74, 6) is -0.906. The van der Waals surface area contributed by atoms with Gasteiger partial charge in [-0.15, -0.1) is 0 Å². The van der Waals surface area contributed by atoms with Crippen LogP contribution in [0.25, 0.3) is 0 Å². The van der Waals surface area contributed by atoms with Crippen molar-refractivity contribution in [1.29, 1.82) is 0 Å². The fraction of sp³-hybridized carbons (Fsp3) is 0.381. The van der Waals surface area contributed by atoms with E-state index < -0.39 is 27.8 Å². The number of ether oxygens (including phenoxy) is 2. The number of hydrogen-bond acceptors (Lipinski definition) is 5. The summed E-state index contributed by atoms with van der Waals surface area (Å²) in [6.45, 7) is 4.68. The lowest BCUT2D eigenvalue weighted by Gasteiger charge is -2.26. The van der Waals surface area contributed by atoms with Crippen molar-refractivity contribution in [2.24, 2.45) is 0 Å². The summed E-state index contributed by atoms with van der Waals surface area (Å²) >= 11 is 0. The Labute approximate surface area is 175 Å². The molecule has 2 aromatic carbocycles. The first-order chi connectivity index (χ1) is 14.2. The van der Waals surface area contributed by atoms with Gasteiger partial charge in [-0.3, -0.25) is 4.79 Å². The van der Waals surface area contributed by atoms with Gasteiger partial charge in [-0.2, -0.15) is 4.31 Å². The van der Waals surface area contributed by atoms with Crippen molar-refractivity contribution < 1.29 is 27.1 Å². The number of rotatable bonds is 6. The van der Waals surface area contributed by atoms with Crippen molar-refractivity contribution in [1.82, 2.24) is 9.62 Å². The van der Waals surface area contributed by atoms with Crippen LogP contribution >= 0.6 is 0 Å². The highest BCUT2D eigenvalue weighted by atomic mass is 32.2. The fourth-order valence-electron chi connectivity index (χ4n) is 3.32. The molecule has 1 saturated heterocycles. The van der Waals surface area contributed by atoms with Crippen LogP contribution in [-0.2, 0) is 14.8 Å². The zero-order valence-corrected chi connectivity index (χ0v) is 18.0. The van der Waals surface area contributed by atoms with E-state index in [1.54, 1.807) is 13.0 Å². The lowest BCUT2D eigenvalue weighted by molar-refractivity contribution is 0.0730. The van der Waals surface area contributed by atoms with E-state index in [2.05, 4.69) is 5.32 Å². The van der Waals surface area contributed by atoms with Crippen LogP contribution in [0.5, 0.6) is 5.75 Å². The number of nitrogens with one attached hydrogen (secondary N) is 1. The number of amides is 1. The molecule has 1 heterocycles. The van der Waals surface area contributed by atoms with Crippen molar-refractivity contribution in [3.63, 3.8) is 0 Å². The average molecular weight is 437 g/mol. The van der Waals surface area contributed by atoms with Crippen LogP contribution < -0.4 is 10.1 Å². The number of benzene rings is 2. The summed E-state index contributed by atoms with van der Waals surface area (Å²) in [6, 6.07) is 8.32. The van der Waals surface area contributed by atoms with E-state index >= 15 is 0 Å². The minimum atomic E-state index is -3.85. The van der Waals surface area contributed by atoms with E-state index in [1.165, 1.54) is 17.5 Å². The van der Waals surface area contributed by atoms with Crippen LogP contribution in [0.15, 0.2) is 41.3 Å². The number of aryl methyl sites for hydroxylation is 1. The SMILES string of the molecule is COc1ccc(C)cc1C(C)NC(=O)c1cc(S(=O)(=O)N2CCOCC2)ccc1F. The number of methoxy groups -OCH3 is 1. The molecule has 1 unspecified atom stereocenters. The van der Waals surface area contributed by atoms with Crippen LogP contribution in [0.1, 0.15) is 34.5 Å². The number of nitrogens with zero attached hydrogens (tertiary/aromatic N) is 1. The molecule has 1 amide bonds. The Morgan fingerprint density at radius 2 is 1.90 bits per heavy atom. The third-order valence-corrected chi connectivity index (χ3v) is 6.88. The molecule has 1 aliphatic heterocycles. The lowest BCUT2D eigenvalue weighted by Crippen LogP contribution is -2.40. The molecule has 0 radical (unpaired) electrons. The molecule has 1 atom stereocenters. The molecule has 9 heteroatoms. The van der Waals surface area contributed by atoms with Gasteiger partial charge in [0.15, 0.2) is 0 Å². The summed E-state index contributed by atoms with van der Waals surface area (Å²) in [6.07, 6.45) is 0. The zero-order valence-electron chi connectivity index (χ0n) is 17.1. The molecule has 0 bridgehead atoms. The third kappa shape index (κ3) is 4.63. The fourth-order valence-corrected chi connectivity index (χ4v) is 4.75. The predicted octanol–water partition coefficient (Wildman–Crippen LogP) is 2.65. The summed E-state index contributed by atoms with van der Waals surface area (Å²) in [5.41, 5.74) is 1.39. The highest BCUT2D eigenvalue weighted by Gasteiger charge is 2.28. The molecule has 2 aromatic rings. The third-order valence-electron chi connectivity index (χ3n) is 4.99. The highest BCUT2D eigenvalue weighted by molar-refractivity contribution is 7.89. The summed E-state index contributed by atoms with van der Waals surface area (Å²) < 4.78 is 51.9. The van der Waals surface area contributed by atoms with Gasteiger partial charge in [0.05, 0.1) is 36.8 Å². The topological polar surface area (TPSA) is 84.9 Å². The largest absolute Gasteiger partial charge is 0.496 e. The van der Waals surface area contributed by atoms with Crippen LogP contribution in [0.4, 0.5) is 4.39 Å². The smallest absolute Gasteiger partial charge is 0.254 e. The van der Waals surface area contributed by atoms with Gasteiger partial charge in [-0.05, 0) is 38.1 Å².